The number of carboxylic acids is 2. The van der Waals surface area contributed by atoms with Crippen LogP contribution in [0.1, 0.15) is 110 Å². The molecule has 0 aliphatic heterocycles. The average molecular weight is 558 g/mol. The van der Waals surface area contributed by atoms with E-state index in [4.69, 9.17) is 15.9 Å². The summed E-state index contributed by atoms with van der Waals surface area (Å²) in [6.45, 7) is 1.71. The van der Waals surface area contributed by atoms with Gasteiger partial charge in [-0.05, 0) is 44.3 Å². The summed E-state index contributed by atoms with van der Waals surface area (Å²) < 4.78 is 0. The lowest BCUT2D eigenvalue weighted by molar-refractivity contribution is -0.139. The van der Waals surface area contributed by atoms with Crippen molar-refractivity contribution >= 4 is 35.5 Å². The Labute approximate surface area is 233 Å². The molecule has 0 aromatic heterocycles. The van der Waals surface area contributed by atoms with E-state index in [1.165, 1.54) is 82.4 Å². The van der Waals surface area contributed by atoms with Crippen LogP contribution in [0.25, 0.3) is 0 Å². The topological polar surface area (TPSA) is 159 Å². The lowest BCUT2D eigenvalue weighted by Gasteiger charge is -2.18. The fraction of sp³-hybridized carbons (Fsp3) is 0.786. The number of allylic oxidation sites excluding steroid dienone is 2. The number of hydrogen-bond acceptors (Lipinski definition) is 6. The van der Waals surface area contributed by atoms with Gasteiger partial charge in [-0.2, -0.15) is 11.8 Å². The van der Waals surface area contributed by atoms with E-state index in [0.717, 1.165) is 25.0 Å². The fourth-order valence-electron chi connectivity index (χ4n) is 3.80. The van der Waals surface area contributed by atoms with Crippen molar-refractivity contribution in [2.75, 3.05) is 18.1 Å². The molecule has 10 heteroatoms. The van der Waals surface area contributed by atoms with E-state index in [-0.39, 0.29) is 12.8 Å². The maximum atomic E-state index is 12.3. The fourth-order valence-corrected chi connectivity index (χ4v) is 4.84. The molecule has 0 saturated carbocycles. The van der Waals surface area contributed by atoms with Crippen LogP contribution in [0.3, 0.4) is 0 Å². The van der Waals surface area contributed by atoms with E-state index in [1.54, 1.807) is 0 Å². The highest BCUT2D eigenvalue weighted by molar-refractivity contribution is 7.99. The molecular formula is C28H51N3O6S. The van der Waals surface area contributed by atoms with Crippen molar-refractivity contribution in [3.63, 3.8) is 0 Å². The van der Waals surface area contributed by atoms with Gasteiger partial charge in [-0.25, -0.2) is 0 Å². The second-order valence-corrected chi connectivity index (χ2v) is 10.9. The number of rotatable bonds is 26. The summed E-state index contributed by atoms with van der Waals surface area (Å²) in [4.78, 5) is 46.0. The predicted octanol–water partition coefficient (Wildman–Crippen LogP) is 4.63. The Morgan fingerprint density at radius 1 is 0.842 bits per heavy atom. The van der Waals surface area contributed by atoms with Crippen LogP contribution in [0.2, 0.25) is 0 Å². The van der Waals surface area contributed by atoms with Gasteiger partial charge in [0.25, 0.3) is 0 Å². The van der Waals surface area contributed by atoms with E-state index in [0.29, 0.717) is 5.75 Å². The lowest BCUT2D eigenvalue weighted by atomic mass is 10.1. The van der Waals surface area contributed by atoms with Gasteiger partial charge in [0, 0.05) is 12.2 Å². The Balaban J connectivity index is 3.96. The molecule has 2 amide bonds. The van der Waals surface area contributed by atoms with Crippen LogP contribution in [0.4, 0.5) is 0 Å². The zero-order valence-corrected chi connectivity index (χ0v) is 24.1. The summed E-state index contributed by atoms with van der Waals surface area (Å²) in [6.07, 6.45) is 21.9. The lowest BCUT2D eigenvalue weighted by Crippen LogP contribution is -2.49. The molecule has 2 unspecified atom stereocenters. The Hall–Kier alpha value is -2.07. The minimum atomic E-state index is -1.19. The van der Waals surface area contributed by atoms with Crippen molar-refractivity contribution in [3.05, 3.63) is 12.2 Å². The molecule has 0 aromatic carbocycles. The first-order chi connectivity index (χ1) is 18.3. The Morgan fingerprint density at radius 2 is 1.39 bits per heavy atom. The normalized spacial score (nSPS) is 12.8. The highest BCUT2D eigenvalue weighted by atomic mass is 32.2. The zero-order valence-electron chi connectivity index (χ0n) is 23.3. The number of carboxylic acid groups (broad SMARTS) is 2. The Kier molecular flexibility index (Phi) is 23.8. The molecule has 0 bridgehead atoms. The van der Waals surface area contributed by atoms with Gasteiger partial charge in [0.05, 0.1) is 0 Å². The Morgan fingerprint density at radius 3 is 1.95 bits per heavy atom. The summed E-state index contributed by atoms with van der Waals surface area (Å²) >= 11 is 1.53. The Bertz CT molecular complexity index is 690. The first-order valence-electron chi connectivity index (χ1n) is 14.3. The van der Waals surface area contributed by atoms with Crippen LogP contribution in [0.15, 0.2) is 12.2 Å². The highest BCUT2D eigenvalue weighted by Gasteiger charge is 2.22. The first-order valence-corrected chi connectivity index (χ1v) is 15.4. The van der Waals surface area contributed by atoms with Crippen LogP contribution in [-0.2, 0) is 19.2 Å². The molecule has 0 rings (SSSR count). The predicted molar refractivity (Wildman–Crippen MR) is 154 cm³/mol. The molecule has 0 fully saturated rings. The van der Waals surface area contributed by atoms with E-state index in [9.17, 15) is 19.2 Å². The molecule has 2 atom stereocenters. The largest absolute Gasteiger partial charge is 0.480 e. The monoisotopic (exact) mass is 557 g/mol. The zero-order chi connectivity index (χ0) is 28.4. The third-order valence-corrected chi connectivity index (χ3v) is 7.30. The summed E-state index contributed by atoms with van der Waals surface area (Å²) in [6, 6.07) is -2.04. The maximum Gasteiger partial charge on any atom is 0.322 e. The number of nitrogens with one attached hydrogen (secondary N) is 2. The van der Waals surface area contributed by atoms with Crippen molar-refractivity contribution in [2.45, 2.75) is 122 Å². The summed E-state index contributed by atoms with van der Waals surface area (Å²) in [5.41, 5.74) is 5.42. The van der Waals surface area contributed by atoms with Crippen molar-refractivity contribution in [1.29, 1.82) is 0 Å². The van der Waals surface area contributed by atoms with Crippen LogP contribution < -0.4 is 16.4 Å². The number of hydrogen-bond donors (Lipinski definition) is 5. The number of carbonyl (C=O) groups excluding carboxylic acids is 2. The summed E-state index contributed by atoms with van der Waals surface area (Å²) in [7, 11) is 0. The number of unbranched alkanes of at least 4 members (excludes halogenated alkanes) is 12. The molecule has 9 nitrogen and oxygen atoms in total. The maximum absolute atomic E-state index is 12.3. The second kappa shape index (κ2) is 25.2. The molecule has 6 N–H and O–H groups in total. The number of carbonyl (C=O) groups is 4. The smallest absolute Gasteiger partial charge is 0.322 e. The second-order valence-electron chi connectivity index (χ2n) is 9.73. The summed E-state index contributed by atoms with van der Waals surface area (Å²) in [5.74, 6) is -2.28. The number of amides is 2. The molecule has 0 aliphatic rings. The first kappa shape index (κ1) is 35.9. The highest BCUT2D eigenvalue weighted by Crippen LogP contribution is 2.13. The molecule has 0 saturated heterocycles. The van der Waals surface area contributed by atoms with Gasteiger partial charge in [-0.3, -0.25) is 19.2 Å². The molecule has 0 aliphatic carbocycles. The van der Waals surface area contributed by atoms with Crippen LogP contribution in [0, 0.1) is 0 Å². The van der Waals surface area contributed by atoms with Crippen LogP contribution in [0.5, 0.6) is 0 Å². The van der Waals surface area contributed by atoms with E-state index < -0.39 is 42.4 Å². The average Bonchev–Trinajstić information content (AvgIpc) is 2.88. The van der Waals surface area contributed by atoms with Crippen molar-refractivity contribution < 1.29 is 29.4 Å². The van der Waals surface area contributed by atoms with Gasteiger partial charge < -0.3 is 26.6 Å². The van der Waals surface area contributed by atoms with Crippen molar-refractivity contribution in [3.8, 4) is 0 Å². The standard InChI is InChI=1S/C28H51N3O6S/c1-2-3-4-5-6-7-8-9-10-11-12-13-14-15-16-17-20-38-22-24(27(35)30-21-26(33)34)31-25(32)19-18-23(29)28(36)37/h9-10,23-24H,2-8,11-22,29H2,1H3,(H,30,35)(H,31,32)(H,33,34)(H,36,37)/b10-9-. The van der Waals surface area contributed by atoms with Gasteiger partial charge in [0.15, 0.2) is 0 Å². The van der Waals surface area contributed by atoms with Crippen molar-refractivity contribution in [2.24, 2.45) is 5.73 Å². The minimum Gasteiger partial charge on any atom is -0.480 e. The molecular weight excluding hydrogens is 506 g/mol. The molecule has 0 spiro atoms. The van der Waals surface area contributed by atoms with Gasteiger partial charge >= 0.3 is 11.9 Å². The third-order valence-electron chi connectivity index (χ3n) is 6.15. The van der Waals surface area contributed by atoms with E-state index in [2.05, 4.69) is 29.7 Å². The van der Waals surface area contributed by atoms with Gasteiger partial charge in [0.2, 0.25) is 11.8 Å². The van der Waals surface area contributed by atoms with Gasteiger partial charge in [-0.1, -0.05) is 76.9 Å². The van der Waals surface area contributed by atoms with Gasteiger partial charge in [0.1, 0.15) is 18.6 Å². The van der Waals surface area contributed by atoms with E-state index >= 15 is 0 Å². The van der Waals surface area contributed by atoms with Crippen molar-refractivity contribution in [1.82, 2.24) is 10.6 Å². The van der Waals surface area contributed by atoms with Gasteiger partial charge in [-0.15, -0.1) is 0 Å². The quantitative estimate of drug-likeness (QED) is 0.0760. The molecule has 0 aromatic rings. The van der Waals surface area contributed by atoms with Crippen LogP contribution >= 0.6 is 11.8 Å². The molecule has 0 heterocycles. The minimum absolute atomic E-state index is 0.0484. The van der Waals surface area contributed by atoms with Crippen LogP contribution in [-0.4, -0.2) is 64.1 Å². The summed E-state index contributed by atoms with van der Waals surface area (Å²) in [5, 5.41) is 22.5. The number of thioether (sulfide) groups is 1. The molecule has 220 valence electrons. The SMILES string of the molecule is CCCCCCCC/C=C\CCCCCCCCSCC(NC(=O)CCC(N)C(=O)O)C(=O)NCC(=O)O. The number of nitrogens with two attached hydrogens (primary N) is 1. The molecule has 0 radical (unpaired) electrons. The molecule has 38 heavy (non-hydrogen) atoms. The third kappa shape index (κ3) is 23.1. The van der Waals surface area contributed by atoms with E-state index in [1.807, 2.05) is 0 Å². The number of aliphatic carboxylic acids is 2.